The third kappa shape index (κ3) is 4.29. The Morgan fingerprint density at radius 3 is 1.96 bits per heavy atom. The van der Waals surface area contributed by atoms with Gasteiger partial charge < -0.3 is 0 Å². The van der Waals surface area contributed by atoms with Gasteiger partial charge in [-0.1, -0.05) is 133 Å². The van der Waals surface area contributed by atoms with Gasteiger partial charge >= 0.3 is 0 Å². The van der Waals surface area contributed by atoms with Gasteiger partial charge in [0.25, 0.3) is 0 Å². The van der Waals surface area contributed by atoms with E-state index in [1.54, 1.807) is 0 Å². The number of fused-ring (bicyclic) bond motifs is 11. The monoisotopic (exact) mass is 703 g/mol. The van der Waals surface area contributed by atoms with Crippen molar-refractivity contribution in [2.24, 2.45) is 0 Å². The largest absolute Gasteiger partial charge is 0.277 e. The quantitative estimate of drug-likeness (QED) is 0.183. The second-order valence-electron chi connectivity index (χ2n) is 14.1. The zero-order valence-electron chi connectivity index (χ0n) is 29.0. The van der Waals surface area contributed by atoms with Crippen LogP contribution in [0, 0.1) is 0 Å². The molecule has 3 aromatic heterocycles. The van der Waals surface area contributed by atoms with E-state index in [1.807, 2.05) is 11.3 Å². The molecule has 0 spiro atoms. The van der Waals surface area contributed by atoms with Gasteiger partial charge in [-0.05, 0) is 80.3 Å². The first-order valence-corrected chi connectivity index (χ1v) is 19.1. The Morgan fingerprint density at radius 2 is 1.07 bits per heavy atom. The van der Waals surface area contributed by atoms with Crippen LogP contribution in [0.25, 0.3) is 114 Å². The van der Waals surface area contributed by atoms with Crippen molar-refractivity contribution in [2.75, 3.05) is 0 Å². The number of rotatable bonds is 3. The molecule has 0 aliphatic heterocycles. The lowest BCUT2D eigenvalue weighted by Gasteiger charge is -2.15. The van der Waals surface area contributed by atoms with Crippen LogP contribution in [0.2, 0.25) is 0 Å². The Hall–Kier alpha value is -6.88. The minimum Gasteiger partial charge on any atom is -0.277 e. The summed E-state index contributed by atoms with van der Waals surface area (Å²) in [4.78, 5) is 10.9. The van der Waals surface area contributed by atoms with Crippen LogP contribution in [0.5, 0.6) is 0 Å². The summed E-state index contributed by atoms with van der Waals surface area (Å²) in [5.41, 5.74) is 7.46. The van der Waals surface area contributed by atoms with Crippen molar-refractivity contribution in [2.45, 2.75) is 0 Å². The molecule has 3 heterocycles. The Kier molecular flexibility index (Phi) is 6.21. The molecule has 250 valence electrons. The molecule has 0 N–H and O–H groups in total. The van der Waals surface area contributed by atoms with Crippen LogP contribution in [-0.4, -0.2) is 14.5 Å². The van der Waals surface area contributed by atoms with E-state index in [1.165, 1.54) is 74.4 Å². The highest BCUT2D eigenvalue weighted by Gasteiger charge is 2.24. The summed E-state index contributed by atoms with van der Waals surface area (Å²) in [5.74, 6) is 0.658. The number of hydrogen-bond donors (Lipinski definition) is 0. The molecular formula is C50H29N3S. The van der Waals surface area contributed by atoms with E-state index < -0.39 is 0 Å². The minimum absolute atomic E-state index is 0.658. The molecular weight excluding hydrogens is 675 g/mol. The number of hydrogen-bond acceptors (Lipinski definition) is 3. The van der Waals surface area contributed by atoms with Crippen molar-refractivity contribution in [1.82, 2.24) is 14.5 Å². The summed E-state index contributed by atoms with van der Waals surface area (Å²) < 4.78 is 4.94. The van der Waals surface area contributed by atoms with Crippen molar-refractivity contribution < 1.29 is 0 Å². The average molecular weight is 704 g/mol. The number of thiophene rings is 1. The van der Waals surface area contributed by atoms with E-state index in [4.69, 9.17) is 9.97 Å². The van der Waals surface area contributed by atoms with Crippen LogP contribution in [-0.2, 0) is 0 Å². The molecule has 0 radical (unpaired) electrons. The standard InChI is InChI=1S/C50H29N3S/c1-2-13-32-27-35(22-21-30(32)11-1)48-39-18-7-9-19-42(39)51-50(52-48)53-43-25-23-31-12-3-5-15-36(31)47(43)41-28-33-14-4-6-16-37(33)46(49(41)53)34-24-26-45-40(29-34)38-17-8-10-20-44(38)54-45/h1-29H. The van der Waals surface area contributed by atoms with Crippen LogP contribution in [0.4, 0.5) is 0 Å². The second kappa shape index (κ2) is 11.3. The lowest BCUT2D eigenvalue weighted by molar-refractivity contribution is 1.02. The van der Waals surface area contributed by atoms with E-state index in [2.05, 4.69) is 180 Å². The first-order valence-electron chi connectivity index (χ1n) is 18.3. The molecule has 12 rings (SSSR count). The fourth-order valence-electron chi connectivity index (χ4n) is 8.71. The maximum Gasteiger partial charge on any atom is 0.235 e. The molecule has 0 atom stereocenters. The predicted molar refractivity (Wildman–Crippen MR) is 230 cm³/mol. The topological polar surface area (TPSA) is 30.7 Å². The van der Waals surface area contributed by atoms with Crippen molar-refractivity contribution >= 4 is 96.5 Å². The molecule has 12 aromatic rings. The number of para-hydroxylation sites is 1. The normalized spacial score (nSPS) is 12.1. The van der Waals surface area contributed by atoms with Gasteiger partial charge in [-0.15, -0.1) is 11.3 Å². The second-order valence-corrected chi connectivity index (χ2v) is 15.2. The number of nitrogens with zero attached hydrogens (tertiary/aromatic N) is 3. The molecule has 3 nitrogen and oxygen atoms in total. The van der Waals surface area contributed by atoms with E-state index in [9.17, 15) is 0 Å². The van der Waals surface area contributed by atoms with Gasteiger partial charge in [-0.25, -0.2) is 9.97 Å². The zero-order chi connectivity index (χ0) is 35.3. The fourth-order valence-corrected chi connectivity index (χ4v) is 9.80. The van der Waals surface area contributed by atoms with E-state index in [-0.39, 0.29) is 0 Å². The molecule has 0 fully saturated rings. The SMILES string of the molecule is c1ccc2cc(-c3nc(-n4c5ccc6ccccc6c5c5cc6ccccc6c(-c6ccc7sc8ccccc8c7c6)c54)nc4ccccc34)ccc2c1. The summed E-state index contributed by atoms with van der Waals surface area (Å²) >= 11 is 1.85. The van der Waals surface area contributed by atoms with Crippen molar-refractivity contribution in [1.29, 1.82) is 0 Å². The molecule has 54 heavy (non-hydrogen) atoms. The third-order valence-corrected chi connectivity index (χ3v) is 12.3. The van der Waals surface area contributed by atoms with Gasteiger partial charge in [0.1, 0.15) is 0 Å². The van der Waals surface area contributed by atoms with Crippen LogP contribution < -0.4 is 0 Å². The van der Waals surface area contributed by atoms with Gasteiger partial charge in [0.2, 0.25) is 5.95 Å². The molecule has 0 saturated heterocycles. The smallest absolute Gasteiger partial charge is 0.235 e. The van der Waals surface area contributed by atoms with Gasteiger partial charge in [-0.2, -0.15) is 0 Å². The summed E-state index contributed by atoms with van der Waals surface area (Å²) in [7, 11) is 0. The van der Waals surface area contributed by atoms with Crippen molar-refractivity contribution in [3.05, 3.63) is 176 Å². The average Bonchev–Trinajstić information content (AvgIpc) is 3.77. The summed E-state index contributed by atoms with van der Waals surface area (Å²) in [6, 6.07) is 63.7. The molecule has 0 aliphatic rings. The Morgan fingerprint density at radius 1 is 0.407 bits per heavy atom. The summed E-state index contributed by atoms with van der Waals surface area (Å²) in [6.45, 7) is 0. The van der Waals surface area contributed by atoms with Gasteiger partial charge in [-0.3, -0.25) is 4.57 Å². The van der Waals surface area contributed by atoms with Gasteiger partial charge in [0.15, 0.2) is 0 Å². The van der Waals surface area contributed by atoms with Crippen LogP contribution >= 0.6 is 11.3 Å². The first-order chi connectivity index (χ1) is 26.8. The van der Waals surface area contributed by atoms with E-state index in [0.29, 0.717) is 5.95 Å². The van der Waals surface area contributed by atoms with Crippen LogP contribution in [0.1, 0.15) is 0 Å². The molecule has 9 aromatic carbocycles. The lowest BCUT2D eigenvalue weighted by Crippen LogP contribution is -2.04. The fraction of sp³-hybridized carbons (Fsp3) is 0. The van der Waals surface area contributed by atoms with E-state index in [0.717, 1.165) is 33.2 Å². The Balaban J connectivity index is 1.26. The molecule has 0 amide bonds. The predicted octanol–water partition coefficient (Wildman–Crippen LogP) is 13.9. The lowest BCUT2D eigenvalue weighted by atomic mass is 9.93. The number of aromatic nitrogens is 3. The molecule has 0 bridgehead atoms. The molecule has 0 saturated carbocycles. The maximum atomic E-state index is 5.55. The van der Waals surface area contributed by atoms with Crippen molar-refractivity contribution in [3.8, 4) is 28.3 Å². The Labute approximate surface area is 314 Å². The summed E-state index contributed by atoms with van der Waals surface area (Å²) in [6.07, 6.45) is 0. The zero-order valence-corrected chi connectivity index (χ0v) is 29.8. The molecule has 4 heteroatoms. The van der Waals surface area contributed by atoms with Crippen LogP contribution in [0.15, 0.2) is 176 Å². The molecule has 0 aliphatic carbocycles. The highest BCUT2D eigenvalue weighted by atomic mass is 32.1. The highest BCUT2D eigenvalue weighted by Crippen LogP contribution is 2.46. The number of benzene rings is 9. The highest BCUT2D eigenvalue weighted by molar-refractivity contribution is 7.25. The van der Waals surface area contributed by atoms with E-state index >= 15 is 0 Å². The van der Waals surface area contributed by atoms with Crippen molar-refractivity contribution in [3.63, 3.8) is 0 Å². The van der Waals surface area contributed by atoms with Gasteiger partial charge in [0, 0.05) is 47.5 Å². The van der Waals surface area contributed by atoms with Crippen LogP contribution in [0.3, 0.4) is 0 Å². The maximum absolute atomic E-state index is 5.55. The third-order valence-electron chi connectivity index (χ3n) is 11.1. The minimum atomic E-state index is 0.658. The first kappa shape index (κ1) is 29.7. The Bertz CT molecular complexity index is 3520. The van der Waals surface area contributed by atoms with Gasteiger partial charge in [0.05, 0.1) is 22.2 Å². The molecule has 0 unspecified atom stereocenters. The summed E-state index contributed by atoms with van der Waals surface area (Å²) in [5, 5.41) is 13.2.